The molecule has 1 aromatic heterocycles. The summed E-state index contributed by atoms with van der Waals surface area (Å²) in [6.07, 6.45) is 2.98. The lowest BCUT2D eigenvalue weighted by Gasteiger charge is -2.45. The van der Waals surface area contributed by atoms with Crippen molar-refractivity contribution in [2.45, 2.75) is 38.0 Å². The average Bonchev–Trinajstić information content (AvgIpc) is 2.89. The van der Waals surface area contributed by atoms with E-state index in [0.717, 1.165) is 0 Å². The van der Waals surface area contributed by atoms with Gasteiger partial charge in [-0.05, 0) is 30.7 Å². The maximum atomic E-state index is 13.6. The van der Waals surface area contributed by atoms with Crippen LogP contribution < -0.4 is 14.8 Å². The van der Waals surface area contributed by atoms with Crippen molar-refractivity contribution >= 4 is 40.0 Å². The van der Waals surface area contributed by atoms with Gasteiger partial charge in [-0.2, -0.15) is 0 Å². The zero-order chi connectivity index (χ0) is 26.0. The third-order valence-electron chi connectivity index (χ3n) is 6.68. The second-order valence-electron chi connectivity index (χ2n) is 9.15. The Labute approximate surface area is 218 Å². The molecule has 0 radical (unpaired) electrons. The molecular formula is C26H28ClFN4O5. The Morgan fingerprint density at radius 3 is 2.76 bits per heavy atom. The van der Waals surface area contributed by atoms with Crippen LogP contribution in [0.2, 0.25) is 5.02 Å². The highest BCUT2D eigenvalue weighted by molar-refractivity contribution is 6.31. The molecule has 1 atom stereocenters. The van der Waals surface area contributed by atoms with Crippen molar-refractivity contribution in [2.75, 3.05) is 38.7 Å². The Morgan fingerprint density at radius 2 is 2.03 bits per heavy atom. The van der Waals surface area contributed by atoms with E-state index in [1.165, 1.54) is 18.5 Å². The summed E-state index contributed by atoms with van der Waals surface area (Å²) < 4.78 is 37.0. The van der Waals surface area contributed by atoms with Gasteiger partial charge in [0.2, 0.25) is 0 Å². The predicted octanol–water partition coefficient (Wildman–Crippen LogP) is 4.70. The number of halogens is 2. The van der Waals surface area contributed by atoms with Crippen LogP contribution in [0.4, 0.5) is 15.9 Å². The lowest BCUT2D eigenvalue weighted by Crippen LogP contribution is -2.59. The number of carbonyl (C=O) groups is 1. The van der Waals surface area contributed by atoms with Crippen molar-refractivity contribution in [2.24, 2.45) is 0 Å². The smallest absolute Gasteiger partial charge is 0.320 e. The van der Waals surface area contributed by atoms with E-state index in [1.807, 2.05) is 11.8 Å². The molecule has 1 spiro atoms. The standard InChI is InChI=1S/C26H28ClFN4O5/c1-3-23(32-13-24(33)37-26(14-32)6-8-35-9-7-26)36-22-11-17-20(12-21(22)34-2)29-15-30-25(17)31-16-4-5-19(28)18(27)10-16/h4-5,10-12,15,23H,3,6-9,13-14H2,1-2H3,(H,29,30,31). The number of methoxy groups -OCH3 is 1. The minimum Gasteiger partial charge on any atom is -0.493 e. The van der Waals surface area contributed by atoms with Crippen molar-refractivity contribution in [1.82, 2.24) is 14.9 Å². The summed E-state index contributed by atoms with van der Waals surface area (Å²) in [7, 11) is 1.56. The van der Waals surface area contributed by atoms with Crippen LogP contribution in [0.15, 0.2) is 36.7 Å². The molecule has 1 unspecified atom stereocenters. The van der Waals surface area contributed by atoms with E-state index < -0.39 is 17.6 Å². The number of anilines is 2. The molecule has 3 aromatic rings. The molecule has 2 aromatic carbocycles. The normalized spacial score (nSPS) is 18.4. The lowest BCUT2D eigenvalue weighted by atomic mass is 9.92. The highest BCUT2D eigenvalue weighted by atomic mass is 35.5. The van der Waals surface area contributed by atoms with Crippen LogP contribution in [-0.4, -0.2) is 66.1 Å². The number of benzene rings is 2. The third-order valence-corrected chi connectivity index (χ3v) is 6.97. The van der Waals surface area contributed by atoms with Gasteiger partial charge in [0, 0.05) is 36.5 Å². The summed E-state index contributed by atoms with van der Waals surface area (Å²) in [5.41, 5.74) is 0.648. The molecule has 1 N–H and O–H groups in total. The fourth-order valence-corrected chi connectivity index (χ4v) is 4.97. The van der Waals surface area contributed by atoms with Gasteiger partial charge in [0.15, 0.2) is 17.7 Å². The highest BCUT2D eigenvalue weighted by Crippen LogP contribution is 2.37. The van der Waals surface area contributed by atoms with Gasteiger partial charge < -0.3 is 24.3 Å². The number of ether oxygens (including phenoxy) is 4. The van der Waals surface area contributed by atoms with Crippen LogP contribution in [0, 0.1) is 5.82 Å². The predicted molar refractivity (Wildman–Crippen MR) is 136 cm³/mol. The first-order valence-corrected chi connectivity index (χ1v) is 12.5. The Balaban J connectivity index is 1.45. The van der Waals surface area contributed by atoms with Crippen LogP contribution in [0.5, 0.6) is 11.5 Å². The van der Waals surface area contributed by atoms with Gasteiger partial charge in [-0.1, -0.05) is 18.5 Å². The number of esters is 1. The zero-order valence-electron chi connectivity index (χ0n) is 20.6. The molecule has 0 bridgehead atoms. The number of carbonyl (C=O) groups excluding carboxylic acids is 1. The summed E-state index contributed by atoms with van der Waals surface area (Å²) >= 11 is 5.95. The first-order valence-electron chi connectivity index (χ1n) is 12.1. The van der Waals surface area contributed by atoms with Gasteiger partial charge in [-0.3, -0.25) is 9.69 Å². The molecule has 2 aliphatic rings. The number of nitrogens with zero attached hydrogens (tertiary/aromatic N) is 3. The van der Waals surface area contributed by atoms with E-state index in [1.54, 1.807) is 25.3 Å². The van der Waals surface area contributed by atoms with Gasteiger partial charge >= 0.3 is 5.97 Å². The molecule has 3 heterocycles. The molecule has 37 heavy (non-hydrogen) atoms. The summed E-state index contributed by atoms with van der Waals surface area (Å²) in [5, 5.41) is 3.85. The molecule has 2 fully saturated rings. The molecule has 9 nitrogen and oxygen atoms in total. The molecule has 0 amide bonds. The van der Waals surface area contributed by atoms with Crippen molar-refractivity contribution < 1.29 is 28.1 Å². The zero-order valence-corrected chi connectivity index (χ0v) is 21.4. The summed E-state index contributed by atoms with van der Waals surface area (Å²) in [6, 6.07) is 7.92. The summed E-state index contributed by atoms with van der Waals surface area (Å²) in [4.78, 5) is 23.3. The van der Waals surface area contributed by atoms with Crippen molar-refractivity contribution in [1.29, 1.82) is 0 Å². The van der Waals surface area contributed by atoms with Crippen LogP contribution in [0.3, 0.4) is 0 Å². The molecule has 2 aliphatic heterocycles. The first kappa shape index (κ1) is 25.4. The molecule has 0 aliphatic carbocycles. The average molecular weight is 531 g/mol. The fraction of sp³-hybridized carbons (Fsp3) is 0.423. The van der Waals surface area contributed by atoms with Gasteiger partial charge in [-0.15, -0.1) is 0 Å². The van der Waals surface area contributed by atoms with Crippen LogP contribution in [0.1, 0.15) is 26.2 Å². The fourth-order valence-electron chi connectivity index (χ4n) is 4.79. The van der Waals surface area contributed by atoms with Gasteiger partial charge in [0.1, 0.15) is 23.6 Å². The quantitative estimate of drug-likeness (QED) is 0.436. The van der Waals surface area contributed by atoms with Crippen LogP contribution in [-0.2, 0) is 14.3 Å². The molecular weight excluding hydrogens is 503 g/mol. The number of rotatable bonds is 7. The Hall–Kier alpha value is -3.21. The monoisotopic (exact) mass is 530 g/mol. The maximum Gasteiger partial charge on any atom is 0.320 e. The summed E-state index contributed by atoms with van der Waals surface area (Å²) in [5.74, 6) is 0.710. The van der Waals surface area contributed by atoms with Gasteiger partial charge in [0.25, 0.3) is 0 Å². The van der Waals surface area contributed by atoms with E-state index in [0.29, 0.717) is 72.9 Å². The number of morpholine rings is 1. The molecule has 5 rings (SSSR count). The second-order valence-corrected chi connectivity index (χ2v) is 9.56. The second kappa shape index (κ2) is 10.6. The number of hydrogen-bond donors (Lipinski definition) is 1. The van der Waals surface area contributed by atoms with E-state index >= 15 is 0 Å². The van der Waals surface area contributed by atoms with Crippen LogP contribution in [0.25, 0.3) is 10.9 Å². The minimum absolute atomic E-state index is 0.00204. The Bertz CT molecular complexity index is 1300. The lowest BCUT2D eigenvalue weighted by molar-refractivity contribution is -0.195. The van der Waals surface area contributed by atoms with E-state index in [2.05, 4.69) is 15.3 Å². The minimum atomic E-state index is -0.556. The van der Waals surface area contributed by atoms with Crippen LogP contribution >= 0.6 is 11.6 Å². The number of nitrogens with one attached hydrogen (secondary N) is 1. The largest absolute Gasteiger partial charge is 0.493 e. The number of fused-ring (bicyclic) bond motifs is 1. The van der Waals surface area contributed by atoms with Gasteiger partial charge in [0.05, 0.1) is 37.4 Å². The molecule has 0 saturated carbocycles. The summed E-state index contributed by atoms with van der Waals surface area (Å²) in [6.45, 7) is 3.83. The Kier molecular flexibility index (Phi) is 7.32. The van der Waals surface area contributed by atoms with Crippen molar-refractivity contribution in [3.8, 4) is 11.5 Å². The van der Waals surface area contributed by atoms with E-state index in [9.17, 15) is 9.18 Å². The topological polar surface area (TPSA) is 95.0 Å². The molecule has 2 saturated heterocycles. The maximum absolute atomic E-state index is 13.6. The molecule has 196 valence electrons. The highest BCUT2D eigenvalue weighted by Gasteiger charge is 2.44. The number of hydrogen-bond acceptors (Lipinski definition) is 9. The Morgan fingerprint density at radius 1 is 1.22 bits per heavy atom. The first-order chi connectivity index (χ1) is 17.9. The van der Waals surface area contributed by atoms with E-state index in [-0.39, 0.29) is 17.5 Å². The molecule has 11 heteroatoms. The van der Waals surface area contributed by atoms with E-state index in [4.69, 9.17) is 30.5 Å². The third kappa shape index (κ3) is 5.41. The SMILES string of the molecule is CCC(Oc1cc2c(Nc3ccc(F)c(Cl)c3)ncnc2cc1OC)N1CC(=O)OC2(CCOCC2)C1. The van der Waals surface area contributed by atoms with Crippen molar-refractivity contribution in [3.05, 3.63) is 47.5 Å². The van der Waals surface area contributed by atoms with Gasteiger partial charge in [-0.25, -0.2) is 14.4 Å². The number of aromatic nitrogens is 2. The van der Waals surface area contributed by atoms with Crippen molar-refractivity contribution in [3.63, 3.8) is 0 Å².